The first-order chi connectivity index (χ1) is 13.0. The molecule has 0 saturated heterocycles. The second-order valence-corrected chi connectivity index (χ2v) is 7.73. The van der Waals surface area contributed by atoms with E-state index in [9.17, 15) is 4.79 Å². The Morgan fingerprint density at radius 3 is 2.37 bits per heavy atom. The molecule has 1 atom stereocenters. The highest BCUT2D eigenvalue weighted by molar-refractivity contribution is 8.00. The predicted octanol–water partition coefficient (Wildman–Crippen LogP) is 3.67. The van der Waals surface area contributed by atoms with Crippen LogP contribution in [0.15, 0.2) is 59.8 Å². The summed E-state index contributed by atoms with van der Waals surface area (Å²) in [4.78, 5) is 14.5. The summed E-state index contributed by atoms with van der Waals surface area (Å²) in [7, 11) is 5.88. The van der Waals surface area contributed by atoms with E-state index in [1.54, 1.807) is 0 Å². The minimum absolute atomic E-state index is 0.0677. The highest BCUT2D eigenvalue weighted by Gasteiger charge is 2.19. The van der Waals surface area contributed by atoms with E-state index in [-0.39, 0.29) is 11.2 Å². The number of anilines is 2. The van der Waals surface area contributed by atoms with Gasteiger partial charge in [0, 0.05) is 38.1 Å². The van der Waals surface area contributed by atoms with Crippen LogP contribution >= 0.6 is 11.8 Å². The first kappa shape index (κ1) is 19.0. The lowest BCUT2D eigenvalue weighted by Crippen LogP contribution is -2.22. The fraction of sp³-hybridized carbons (Fsp3) is 0.250. The SMILES string of the molecule is CC(Sc1nnc(-c2ccccc2)n1C)C(=O)Nc1ccc(N(C)C)cc1. The molecule has 27 heavy (non-hydrogen) atoms. The van der Waals surface area contributed by atoms with E-state index in [0.717, 1.165) is 22.8 Å². The summed E-state index contributed by atoms with van der Waals surface area (Å²) in [5.41, 5.74) is 2.86. The van der Waals surface area contributed by atoms with Crippen molar-refractivity contribution in [3.63, 3.8) is 0 Å². The number of nitrogens with one attached hydrogen (secondary N) is 1. The lowest BCUT2D eigenvalue weighted by Gasteiger charge is -2.14. The Kier molecular flexibility index (Phi) is 5.81. The van der Waals surface area contributed by atoms with Crippen LogP contribution in [0.25, 0.3) is 11.4 Å². The van der Waals surface area contributed by atoms with Crippen LogP contribution in [0.3, 0.4) is 0 Å². The van der Waals surface area contributed by atoms with Gasteiger partial charge in [-0.1, -0.05) is 42.1 Å². The number of carbonyl (C=O) groups is 1. The third-order valence-electron chi connectivity index (χ3n) is 4.17. The summed E-state index contributed by atoms with van der Waals surface area (Å²) < 4.78 is 1.91. The second kappa shape index (κ2) is 8.26. The van der Waals surface area contributed by atoms with Gasteiger partial charge in [0.05, 0.1) is 5.25 Å². The number of thioether (sulfide) groups is 1. The van der Waals surface area contributed by atoms with Gasteiger partial charge in [0.25, 0.3) is 0 Å². The minimum Gasteiger partial charge on any atom is -0.378 e. The van der Waals surface area contributed by atoms with E-state index in [1.807, 2.05) is 92.1 Å². The van der Waals surface area contributed by atoms with Crippen LogP contribution in [-0.4, -0.2) is 40.0 Å². The van der Waals surface area contributed by atoms with Gasteiger partial charge < -0.3 is 14.8 Å². The molecule has 1 N–H and O–H groups in total. The molecule has 1 unspecified atom stereocenters. The van der Waals surface area contributed by atoms with Crippen molar-refractivity contribution < 1.29 is 4.79 Å². The number of benzene rings is 2. The molecule has 1 aromatic heterocycles. The molecular weight excluding hydrogens is 358 g/mol. The number of nitrogens with zero attached hydrogens (tertiary/aromatic N) is 4. The lowest BCUT2D eigenvalue weighted by molar-refractivity contribution is -0.115. The summed E-state index contributed by atoms with van der Waals surface area (Å²) >= 11 is 1.39. The van der Waals surface area contributed by atoms with Crippen molar-refractivity contribution in [2.45, 2.75) is 17.3 Å². The maximum atomic E-state index is 12.5. The molecule has 0 spiro atoms. The van der Waals surface area contributed by atoms with Gasteiger partial charge in [-0.3, -0.25) is 4.79 Å². The zero-order chi connectivity index (χ0) is 19.4. The highest BCUT2D eigenvalue weighted by Crippen LogP contribution is 2.26. The normalized spacial score (nSPS) is 11.9. The van der Waals surface area contributed by atoms with Crippen LogP contribution in [0.2, 0.25) is 0 Å². The number of aromatic nitrogens is 3. The maximum absolute atomic E-state index is 12.5. The zero-order valence-electron chi connectivity index (χ0n) is 15.9. The van der Waals surface area contributed by atoms with Crippen molar-refractivity contribution >= 4 is 29.0 Å². The number of hydrogen-bond donors (Lipinski definition) is 1. The molecule has 7 heteroatoms. The van der Waals surface area contributed by atoms with Crippen LogP contribution in [0, 0.1) is 0 Å². The first-order valence-electron chi connectivity index (χ1n) is 8.65. The molecule has 140 valence electrons. The zero-order valence-corrected chi connectivity index (χ0v) is 16.7. The third kappa shape index (κ3) is 4.49. The molecule has 0 aliphatic heterocycles. The minimum atomic E-state index is -0.301. The summed E-state index contributed by atoms with van der Waals surface area (Å²) in [5, 5.41) is 11.9. The molecule has 6 nitrogen and oxygen atoms in total. The molecule has 1 amide bonds. The molecule has 0 radical (unpaired) electrons. The van der Waals surface area contributed by atoms with E-state index in [0.29, 0.717) is 5.16 Å². The Morgan fingerprint density at radius 2 is 1.74 bits per heavy atom. The van der Waals surface area contributed by atoms with E-state index < -0.39 is 0 Å². The van der Waals surface area contributed by atoms with Crippen molar-refractivity contribution in [3.8, 4) is 11.4 Å². The van der Waals surface area contributed by atoms with Gasteiger partial charge in [0.1, 0.15) is 0 Å². The summed E-state index contributed by atoms with van der Waals surface area (Å²) in [5.74, 6) is 0.715. The molecule has 0 aliphatic rings. The van der Waals surface area contributed by atoms with Crippen LogP contribution in [0.5, 0.6) is 0 Å². The Morgan fingerprint density at radius 1 is 1.07 bits per heavy atom. The fourth-order valence-corrected chi connectivity index (χ4v) is 3.37. The van der Waals surface area contributed by atoms with Crippen LogP contribution < -0.4 is 10.2 Å². The number of amides is 1. The Balaban J connectivity index is 1.65. The fourth-order valence-electron chi connectivity index (χ4n) is 2.55. The van der Waals surface area contributed by atoms with Crippen molar-refractivity contribution in [1.82, 2.24) is 14.8 Å². The van der Waals surface area contributed by atoms with E-state index in [4.69, 9.17) is 0 Å². The summed E-state index contributed by atoms with van der Waals surface area (Å²) in [6.07, 6.45) is 0. The van der Waals surface area contributed by atoms with Crippen molar-refractivity contribution in [3.05, 3.63) is 54.6 Å². The Labute approximate surface area is 163 Å². The largest absolute Gasteiger partial charge is 0.378 e. The molecule has 3 rings (SSSR count). The quantitative estimate of drug-likeness (QED) is 0.660. The molecule has 2 aromatic carbocycles. The van der Waals surface area contributed by atoms with E-state index in [1.165, 1.54) is 11.8 Å². The van der Waals surface area contributed by atoms with Gasteiger partial charge in [-0.05, 0) is 31.2 Å². The molecule has 0 saturated carbocycles. The standard InChI is InChI=1S/C20H23N5OS/c1-14(19(26)21-16-10-12-17(13-11-16)24(2)3)27-20-23-22-18(25(20)4)15-8-6-5-7-9-15/h5-14H,1-4H3,(H,21,26). The number of carbonyl (C=O) groups excluding carboxylic acids is 1. The molecule has 0 fully saturated rings. The predicted molar refractivity (Wildman–Crippen MR) is 111 cm³/mol. The third-order valence-corrected chi connectivity index (χ3v) is 5.30. The average molecular weight is 382 g/mol. The maximum Gasteiger partial charge on any atom is 0.237 e. The van der Waals surface area contributed by atoms with Crippen molar-refractivity contribution in [2.24, 2.45) is 7.05 Å². The van der Waals surface area contributed by atoms with Gasteiger partial charge in [-0.25, -0.2) is 0 Å². The highest BCUT2D eigenvalue weighted by atomic mass is 32.2. The number of hydrogen-bond acceptors (Lipinski definition) is 5. The van der Waals surface area contributed by atoms with Crippen molar-refractivity contribution in [2.75, 3.05) is 24.3 Å². The Hall–Kier alpha value is -2.80. The van der Waals surface area contributed by atoms with Gasteiger partial charge in [-0.15, -0.1) is 10.2 Å². The van der Waals surface area contributed by atoms with Crippen LogP contribution in [0.1, 0.15) is 6.92 Å². The van der Waals surface area contributed by atoms with Gasteiger partial charge >= 0.3 is 0 Å². The smallest absolute Gasteiger partial charge is 0.237 e. The molecule has 0 aliphatic carbocycles. The monoisotopic (exact) mass is 381 g/mol. The topological polar surface area (TPSA) is 63.1 Å². The molecular formula is C20H23N5OS. The number of rotatable bonds is 6. The van der Waals surface area contributed by atoms with Crippen LogP contribution in [0.4, 0.5) is 11.4 Å². The van der Waals surface area contributed by atoms with Crippen molar-refractivity contribution in [1.29, 1.82) is 0 Å². The van der Waals surface area contributed by atoms with E-state index >= 15 is 0 Å². The molecule has 1 heterocycles. The molecule has 0 bridgehead atoms. The molecule has 3 aromatic rings. The summed E-state index contributed by atoms with van der Waals surface area (Å²) in [6, 6.07) is 17.6. The van der Waals surface area contributed by atoms with Gasteiger partial charge in [0.15, 0.2) is 11.0 Å². The second-order valence-electron chi connectivity index (χ2n) is 6.42. The van der Waals surface area contributed by atoms with Gasteiger partial charge in [-0.2, -0.15) is 0 Å². The average Bonchev–Trinajstić information content (AvgIpc) is 3.03. The van der Waals surface area contributed by atoms with Crippen LogP contribution in [-0.2, 0) is 11.8 Å². The Bertz CT molecular complexity index is 906. The lowest BCUT2D eigenvalue weighted by atomic mass is 10.2. The van der Waals surface area contributed by atoms with Gasteiger partial charge in [0.2, 0.25) is 5.91 Å². The summed E-state index contributed by atoms with van der Waals surface area (Å²) in [6.45, 7) is 1.87. The van der Waals surface area contributed by atoms with E-state index in [2.05, 4.69) is 15.5 Å². The first-order valence-corrected chi connectivity index (χ1v) is 9.53.